The number of halogens is 4. The summed E-state index contributed by atoms with van der Waals surface area (Å²) in [6.45, 7) is 3.42. The van der Waals surface area contributed by atoms with Crippen LogP contribution in [0.5, 0.6) is 0 Å². The molecule has 1 rings (SSSR count). The largest absolute Gasteiger partial charge is 0.416 e. The molecule has 0 aliphatic heterocycles. The molecule has 5 nitrogen and oxygen atoms in total. The van der Waals surface area contributed by atoms with E-state index in [4.69, 9.17) is 11.6 Å². The van der Waals surface area contributed by atoms with Crippen molar-refractivity contribution in [3.63, 3.8) is 0 Å². The lowest BCUT2D eigenvalue weighted by atomic mass is 10.2. The molecule has 0 saturated heterocycles. The topological polar surface area (TPSA) is 75.3 Å². The summed E-state index contributed by atoms with van der Waals surface area (Å²) >= 11 is 7.20. The van der Waals surface area contributed by atoms with Gasteiger partial charge in [0, 0.05) is 6.04 Å². The standard InChI is InChI=1S/C15H20ClF3N2O3S2/c1-9(2)20-14(22)12(6-7-25-3)21-26(23,24)13-8-10(15(17,18)19)4-5-11(13)16/h4-5,8-9,12,21H,6-7H2,1-3H3,(H,20,22). The first-order chi connectivity index (χ1) is 11.9. The molecule has 148 valence electrons. The summed E-state index contributed by atoms with van der Waals surface area (Å²) in [5.74, 6) is -0.0737. The second-order valence-corrected chi connectivity index (χ2v) is 8.84. The van der Waals surface area contributed by atoms with Gasteiger partial charge in [-0.1, -0.05) is 11.6 Å². The number of rotatable bonds is 8. The molecule has 1 aromatic carbocycles. The summed E-state index contributed by atoms with van der Waals surface area (Å²) in [4.78, 5) is 11.5. The normalized spacial score (nSPS) is 13.7. The van der Waals surface area contributed by atoms with Gasteiger partial charge in [-0.25, -0.2) is 8.42 Å². The molecule has 11 heteroatoms. The molecule has 0 aliphatic carbocycles. The van der Waals surface area contributed by atoms with Crippen molar-refractivity contribution in [2.45, 2.75) is 43.4 Å². The minimum atomic E-state index is -4.72. The quantitative estimate of drug-likeness (QED) is 0.661. The number of hydrogen-bond acceptors (Lipinski definition) is 4. The van der Waals surface area contributed by atoms with E-state index in [0.29, 0.717) is 17.9 Å². The zero-order valence-electron chi connectivity index (χ0n) is 14.4. The van der Waals surface area contributed by atoms with Gasteiger partial charge in [0.2, 0.25) is 15.9 Å². The number of nitrogens with one attached hydrogen (secondary N) is 2. The van der Waals surface area contributed by atoms with Crippen molar-refractivity contribution in [1.82, 2.24) is 10.0 Å². The highest BCUT2D eigenvalue weighted by molar-refractivity contribution is 7.98. The van der Waals surface area contributed by atoms with Crippen LogP contribution in [0.15, 0.2) is 23.1 Å². The van der Waals surface area contributed by atoms with Crippen LogP contribution in [0.1, 0.15) is 25.8 Å². The monoisotopic (exact) mass is 432 g/mol. The van der Waals surface area contributed by atoms with E-state index in [9.17, 15) is 26.4 Å². The molecule has 0 saturated carbocycles. The molecule has 0 aromatic heterocycles. The van der Waals surface area contributed by atoms with Gasteiger partial charge in [0.1, 0.15) is 10.9 Å². The van der Waals surface area contributed by atoms with Gasteiger partial charge in [-0.15, -0.1) is 0 Å². The number of alkyl halides is 3. The van der Waals surface area contributed by atoms with Crippen LogP contribution < -0.4 is 10.0 Å². The Labute approximate surface area is 160 Å². The van der Waals surface area contributed by atoms with Gasteiger partial charge in [0.15, 0.2) is 0 Å². The molecule has 1 amide bonds. The number of benzene rings is 1. The third-order valence-corrected chi connectivity index (χ3v) is 5.80. The molecule has 1 unspecified atom stereocenters. The molecular weight excluding hydrogens is 413 g/mol. The first-order valence-corrected chi connectivity index (χ1v) is 10.8. The lowest BCUT2D eigenvalue weighted by molar-refractivity contribution is -0.137. The highest BCUT2D eigenvalue weighted by Crippen LogP contribution is 2.33. The van der Waals surface area contributed by atoms with Crippen LogP contribution in [0.4, 0.5) is 13.2 Å². The second kappa shape index (κ2) is 9.29. The van der Waals surface area contributed by atoms with Crippen molar-refractivity contribution in [2.75, 3.05) is 12.0 Å². The maximum atomic E-state index is 12.9. The SMILES string of the molecule is CSCCC(NS(=O)(=O)c1cc(C(F)(F)F)ccc1Cl)C(=O)NC(C)C. The lowest BCUT2D eigenvalue weighted by Gasteiger charge is -2.20. The van der Waals surface area contributed by atoms with E-state index in [-0.39, 0.29) is 17.5 Å². The Morgan fingerprint density at radius 2 is 1.92 bits per heavy atom. The highest BCUT2D eigenvalue weighted by atomic mass is 35.5. The summed E-state index contributed by atoms with van der Waals surface area (Å²) in [5.41, 5.74) is -1.14. The van der Waals surface area contributed by atoms with E-state index in [1.165, 1.54) is 11.8 Å². The van der Waals surface area contributed by atoms with Crippen LogP contribution in [-0.2, 0) is 21.0 Å². The predicted octanol–water partition coefficient (Wildman–Crippen LogP) is 3.28. The smallest absolute Gasteiger partial charge is 0.353 e. The number of amides is 1. The fraction of sp³-hybridized carbons (Fsp3) is 0.533. The van der Waals surface area contributed by atoms with Crippen LogP contribution in [0.2, 0.25) is 5.02 Å². The Morgan fingerprint density at radius 1 is 1.31 bits per heavy atom. The molecule has 1 aromatic rings. The second-order valence-electron chi connectivity index (χ2n) is 5.76. The zero-order chi connectivity index (χ0) is 20.1. The molecule has 26 heavy (non-hydrogen) atoms. The van der Waals surface area contributed by atoms with Crippen molar-refractivity contribution < 1.29 is 26.4 Å². The van der Waals surface area contributed by atoms with Crippen molar-refractivity contribution in [3.05, 3.63) is 28.8 Å². The molecular formula is C15H20ClF3N2O3S2. The fourth-order valence-corrected chi connectivity index (χ4v) is 4.23. The predicted molar refractivity (Wildman–Crippen MR) is 96.8 cm³/mol. The van der Waals surface area contributed by atoms with Crippen LogP contribution in [0.3, 0.4) is 0 Å². The number of carbonyl (C=O) groups excluding carboxylic acids is 1. The molecule has 2 N–H and O–H groups in total. The highest BCUT2D eigenvalue weighted by Gasteiger charge is 2.34. The van der Waals surface area contributed by atoms with Gasteiger partial charge in [-0.2, -0.15) is 29.7 Å². The zero-order valence-corrected chi connectivity index (χ0v) is 16.7. The van der Waals surface area contributed by atoms with Crippen LogP contribution in [-0.4, -0.2) is 38.4 Å². The van der Waals surface area contributed by atoms with Gasteiger partial charge in [-0.3, -0.25) is 4.79 Å². The van der Waals surface area contributed by atoms with Crippen molar-refractivity contribution in [2.24, 2.45) is 0 Å². The molecule has 0 bridgehead atoms. The molecule has 0 heterocycles. The summed E-state index contributed by atoms with van der Waals surface area (Å²) < 4.78 is 65.8. The third-order valence-electron chi connectivity index (χ3n) is 3.20. The first-order valence-electron chi connectivity index (χ1n) is 7.57. The maximum absolute atomic E-state index is 12.9. The van der Waals surface area contributed by atoms with E-state index in [1.54, 1.807) is 20.1 Å². The van der Waals surface area contributed by atoms with E-state index in [2.05, 4.69) is 10.0 Å². The lowest BCUT2D eigenvalue weighted by Crippen LogP contribution is -2.48. The van der Waals surface area contributed by atoms with Crippen molar-refractivity contribution >= 4 is 39.3 Å². The first kappa shape index (κ1) is 23.1. The van der Waals surface area contributed by atoms with Crippen molar-refractivity contribution in [1.29, 1.82) is 0 Å². The van der Waals surface area contributed by atoms with Crippen LogP contribution in [0, 0.1) is 0 Å². The van der Waals surface area contributed by atoms with E-state index >= 15 is 0 Å². The number of thioether (sulfide) groups is 1. The Balaban J connectivity index is 3.19. The van der Waals surface area contributed by atoms with E-state index < -0.39 is 38.6 Å². The molecule has 0 spiro atoms. The molecule has 0 radical (unpaired) electrons. The van der Waals surface area contributed by atoms with E-state index in [0.717, 1.165) is 6.07 Å². The summed E-state index contributed by atoms with van der Waals surface area (Å²) in [7, 11) is -4.44. The average Bonchev–Trinajstić information content (AvgIpc) is 2.49. The van der Waals surface area contributed by atoms with Gasteiger partial charge in [0.25, 0.3) is 0 Å². The third kappa shape index (κ3) is 6.64. The van der Waals surface area contributed by atoms with Gasteiger partial charge < -0.3 is 5.32 Å². The summed E-state index contributed by atoms with van der Waals surface area (Å²) in [6, 6.07) is 0.667. The minimum absolute atomic E-state index is 0.176. The Bertz CT molecular complexity index is 740. The maximum Gasteiger partial charge on any atom is 0.416 e. The van der Waals surface area contributed by atoms with E-state index in [1.807, 2.05) is 0 Å². The fourth-order valence-electron chi connectivity index (χ4n) is 2.00. The number of carbonyl (C=O) groups is 1. The molecule has 0 fully saturated rings. The Morgan fingerprint density at radius 3 is 2.42 bits per heavy atom. The van der Waals surface area contributed by atoms with Crippen molar-refractivity contribution in [3.8, 4) is 0 Å². The number of sulfonamides is 1. The molecule has 1 atom stereocenters. The molecule has 0 aliphatic rings. The van der Waals surface area contributed by atoms with Gasteiger partial charge >= 0.3 is 6.18 Å². The Hall–Kier alpha value is -0.970. The van der Waals surface area contributed by atoms with Crippen LogP contribution in [0.25, 0.3) is 0 Å². The van der Waals surface area contributed by atoms with Gasteiger partial charge in [-0.05, 0) is 50.5 Å². The average molecular weight is 433 g/mol. The number of hydrogen-bond donors (Lipinski definition) is 2. The summed E-state index contributed by atoms with van der Waals surface area (Å²) in [6.07, 6.45) is -2.76. The minimum Gasteiger partial charge on any atom is -0.353 e. The Kier molecular flexibility index (Phi) is 8.25. The van der Waals surface area contributed by atoms with Gasteiger partial charge in [0.05, 0.1) is 10.6 Å². The summed E-state index contributed by atoms with van der Waals surface area (Å²) in [5, 5.41) is 2.23. The van der Waals surface area contributed by atoms with Crippen LogP contribution >= 0.6 is 23.4 Å².